The van der Waals surface area contributed by atoms with E-state index in [2.05, 4.69) is 46.3 Å². The highest BCUT2D eigenvalue weighted by molar-refractivity contribution is 9.10. The molecular formula is C20H22BrNO. The highest BCUT2D eigenvalue weighted by Gasteiger charge is 2.32. The number of halogens is 1. The zero-order valence-electron chi connectivity index (χ0n) is 13.1. The van der Waals surface area contributed by atoms with Crippen molar-refractivity contribution in [3.8, 4) is 0 Å². The van der Waals surface area contributed by atoms with Gasteiger partial charge in [-0.2, -0.15) is 0 Å². The summed E-state index contributed by atoms with van der Waals surface area (Å²) >= 11 is 3.45. The molecule has 3 rings (SSSR count). The summed E-state index contributed by atoms with van der Waals surface area (Å²) in [6.45, 7) is 0. The molecule has 2 N–H and O–H groups in total. The molecule has 3 heteroatoms. The van der Waals surface area contributed by atoms with Gasteiger partial charge in [-0.05, 0) is 60.8 Å². The Morgan fingerprint density at radius 2 is 1.57 bits per heavy atom. The Morgan fingerprint density at radius 1 is 0.957 bits per heavy atom. The maximum absolute atomic E-state index is 12.0. The Balaban J connectivity index is 1.71. The summed E-state index contributed by atoms with van der Waals surface area (Å²) in [4.78, 5) is 12.0. The summed E-state index contributed by atoms with van der Waals surface area (Å²) in [6.07, 6.45) is 4.39. The number of nitrogens with two attached hydrogens (primary N) is 1. The fourth-order valence-corrected chi connectivity index (χ4v) is 4.11. The molecule has 1 saturated carbocycles. The quantitative estimate of drug-likeness (QED) is 0.807. The first kappa shape index (κ1) is 16.3. The molecule has 1 aliphatic rings. The van der Waals surface area contributed by atoms with Crippen LogP contribution in [0.5, 0.6) is 0 Å². The minimum absolute atomic E-state index is 0.167. The maximum atomic E-state index is 12.0. The highest BCUT2D eigenvalue weighted by Crippen LogP contribution is 2.41. The number of carbonyl (C=O) groups is 1. The van der Waals surface area contributed by atoms with Gasteiger partial charge in [0.25, 0.3) is 0 Å². The number of rotatable bonds is 4. The van der Waals surface area contributed by atoms with Crippen molar-refractivity contribution in [2.24, 2.45) is 11.7 Å². The molecule has 23 heavy (non-hydrogen) atoms. The summed E-state index contributed by atoms with van der Waals surface area (Å²) in [5, 5.41) is 0. The Morgan fingerprint density at radius 3 is 2.13 bits per heavy atom. The molecule has 0 heterocycles. The minimum Gasteiger partial charge on any atom is -0.369 e. The van der Waals surface area contributed by atoms with Gasteiger partial charge in [0.15, 0.2) is 0 Å². The first-order chi connectivity index (χ1) is 11.1. The minimum atomic E-state index is -0.199. The third kappa shape index (κ3) is 3.84. The number of amides is 1. The van der Waals surface area contributed by atoms with Gasteiger partial charge in [-0.3, -0.25) is 4.79 Å². The molecule has 1 fully saturated rings. The standard InChI is InChI=1S/C20H22BrNO/c21-18-12-10-17(11-13-18)19(20(22)23)16-8-6-15(7-9-16)14-4-2-1-3-5-14/h1-5,10-13,15-16,19H,6-9H2,(H2,22,23). The molecule has 2 aromatic rings. The molecule has 1 atom stereocenters. The van der Waals surface area contributed by atoms with Gasteiger partial charge in [-0.15, -0.1) is 0 Å². The van der Waals surface area contributed by atoms with Gasteiger partial charge in [-0.25, -0.2) is 0 Å². The largest absolute Gasteiger partial charge is 0.369 e. The van der Waals surface area contributed by atoms with E-state index in [9.17, 15) is 4.79 Å². The molecule has 0 radical (unpaired) electrons. The average Bonchev–Trinajstić information content (AvgIpc) is 2.58. The van der Waals surface area contributed by atoms with Crippen LogP contribution in [0.2, 0.25) is 0 Å². The van der Waals surface area contributed by atoms with Crippen molar-refractivity contribution in [1.29, 1.82) is 0 Å². The zero-order chi connectivity index (χ0) is 16.2. The van der Waals surface area contributed by atoms with Crippen molar-refractivity contribution < 1.29 is 4.79 Å². The van der Waals surface area contributed by atoms with Crippen LogP contribution in [0.1, 0.15) is 48.6 Å². The van der Waals surface area contributed by atoms with Crippen molar-refractivity contribution >= 4 is 21.8 Å². The molecular weight excluding hydrogens is 350 g/mol. The van der Waals surface area contributed by atoms with Gasteiger partial charge < -0.3 is 5.73 Å². The normalized spacial score (nSPS) is 22.5. The molecule has 0 saturated heterocycles. The van der Waals surface area contributed by atoms with E-state index >= 15 is 0 Å². The Labute approximate surface area is 146 Å². The van der Waals surface area contributed by atoms with Gasteiger partial charge in [-0.1, -0.05) is 58.4 Å². The molecule has 0 aromatic heterocycles. The molecule has 1 amide bonds. The lowest BCUT2D eigenvalue weighted by Crippen LogP contribution is -2.30. The fraction of sp³-hybridized carbons (Fsp3) is 0.350. The van der Waals surface area contributed by atoms with Crippen LogP contribution in [0.3, 0.4) is 0 Å². The molecule has 0 aliphatic heterocycles. The Kier molecular flexibility index (Phi) is 5.16. The van der Waals surface area contributed by atoms with Crippen LogP contribution in [0.15, 0.2) is 59.1 Å². The van der Waals surface area contributed by atoms with Crippen LogP contribution < -0.4 is 5.73 Å². The van der Waals surface area contributed by atoms with Gasteiger partial charge in [0.1, 0.15) is 0 Å². The third-order valence-electron chi connectivity index (χ3n) is 5.05. The van der Waals surface area contributed by atoms with E-state index in [-0.39, 0.29) is 11.8 Å². The smallest absolute Gasteiger partial charge is 0.225 e. The van der Waals surface area contributed by atoms with Crippen molar-refractivity contribution in [3.05, 3.63) is 70.2 Å². The highest BCUT2D eigenvalue weighted by atomic mass is 79.9. The topological polar surface area (TPSA) is 43.1 Å². The van der Waals surface area contributed by atoms with Crippen LogP contribution in [-0.4, -0.2) is 5.91 Å². The number of carbonyl (C=O) groups excluding carboxylic acids is 1. The molecule has 2 aromatic carbocycles. The summed E-state index contributed by atoms with van der Waals surface area (Å²) < 4.78 is 1.03. The Hall–Kier alpha value is -1.61. The maximum Gasteiger partial charge on any atom is 0.225 e. The van der Waals surface area contributed by atoms with Crippen molar-refractivity contribution in [2.75, 3.05) is 0 Å². The predicted molar refractivity (Wildman–Crippen MR) is 97.2 cm³/mol. The van der Waals surface area contributed by atoms with Crippen LogP contribution in [0.25, 0.3) is 0 Å². The summed E-state index contributed by atoms with van der Waals surface area (Å²) in [7, 11) is 0. The number of hydrogen-bond acceptors (Lipinski definition) is 1. The van der Waals surface area contributed by atoms with E-state index in [1.807, 2.05) is 24.3 Å². The molecule has 1 unspecified atom stereocenters. The molecule has 120 valence electrons. The average molecular weight is 372 g/mol. The molecule has 2 nitrogen and oxygen atoms in total. The summed E-state index contributed by atoms with van der Waals surface area (Å²) in [5.74, 6) is 0.606. The second-order valence-corrected chi connectivity index (χ2v) is 7.37. The number of hydrogen-bond donors (Lipinski definition) is 1. The SMILES string of the molecule is NC(=O)C(c1ccc(Br)cc1)C1CCC(c2ccccc2)CC1. The molecule has 1 aliphatic carbocycles. The van der Waals surface area contributed by atoms with Gasteiger partial charge >= 0.3 is 0 Å². The van der Waals surface area contributed by atoms with Crippen LogP contribution >= 0.6 is 15.9 Å². The monoisotopic (exact) mass is 371 g/mol. The molecule has 0 bridgehead atoms. The first-order valence-electron chi connectivity index (χ1n) is 8.25. The first-order valence-corrected chi connectivity index (χ1v) is 9.04. The van der Waals surface area contributed by atoms with Crippen molar-refractivity contribution in [3.63, 3.8) is 0 Å². The zero-order valence-corrected chi connectivity index (χ0v) is 14.7. The third-order valence-corrected chi connectivity index (χ3v) is 5.58. The van der Waals surface area contributed by atoms with E-state index in [1.165, 1.54) is 5.56 Å². The van der Waals surface area contributed by atoms with E-state index in [0.29, 0.717) is 11.8 Å². The lowest BCUT2D eigenvalue weighted by molar-refractivity contribution is -0.120. The Bertz CT molecular complexity index is 645. The lowest BCUT2D eigenvalue weighted by Gasteiger charge is -2.33. The van der Waals surface area contributed by atoms with Crippen LogP contribution in [-0.2, 0) is 4.79 Å². The number of primary amides is 1. The van der Waals surface area contributed by atoms with E-state index < -0.39 is 0 Å². The van der Waals surface area contributed by atoms with Gasteiger partial charge in [0.2, 0.25) is 5.91 Å². The van der Waals surface area contributed by atoms with Crippen molar-refractivity contribution in [1.82, 2.24) is 0 Å². The summed E-state index contributed by atoms with van der Waals surface area (Å²) in [5.41, 5.74) is 8.20. The van der Waals surface area contributed by atoms with E-state index in [4.69, 9.17) is 5.73 Å². The number of benzene rings is 2. The second kappa shape index (κ2) is 7.31. The van der Waals surface area contributed by atoms with E-state index in [1.54, 1.807) is 0 Å². The lowest BCUT2D eigenvalue weighted by atomic mass is 9.72. The van der Waals surface area contributed by atoms with Crippen LogP contribution in [0, 0.1) is 5.92 Å². The van der Waals surface area contributed by atoms with Gasteiger partial charge in [0, 0.05) is 4.47 Å². The molecule has 0 spiro atoms. The second-order valence-electron chi connectivity index (χ2n) is 6.45. The van der Waals surface area contributed by atoms with Gasteiger partial charge in [0.05, 0.1) is 5.92 Å². The fourth-order valence-electron chi connectivity index (χ4n) is 3.85. The predicted octanol–water partition coefficient (Wildman–Crippen LogP) is 4.99. The summed E-state index contributed by atoms with van der Waals surface area (Å²) in [6, 6.07) is 18.7. The van der Waals surface area contributed by atoms with Crippen LogP contribution in [0.4, 0.5) is 0 Å². The van der Waals surface area contributed by atoms with E-state index in [0.717, 1.165) is 35.7 Å². The van der Waals surface area contributed by atoms with Crippen molar-refractivity contribution in [2.45, 2.75) is 37.5 Å².